The second-order valence-electron chi connectivity index (χ2n) is 7.56. The van der Waals surface area contributed by atoms with E-state index in [9.17, 15) is 0 Å². The van der Waals surface area contributed by atoms with E-state index in [-0.39, 0.29) is 6.04 Å². The number of aromatic nitrogens is 6. The van der Waals surface area contributed by atoms with Gasteiger partial charge in [0.25, 0.3) is 0 Å². The van der Waals surface area contributed by atoms with E-state index in [2.05, 4.69) is 64.1 Å². The average molecular weight is 402 g/mol. The number of H-pyrrole nitrogens is 1. The predicted molar refractivity (Wildman–Crippen MR) is 110 cm³/mol. The van der Waals surface area contributed by atoms with Crippen molar-refractivity contribution in [3.8, 4) is 11.5 Å². The normalized spacial score (nSPS) is 16.4. The van der Waals surface area contributed by atoms with E-state index in [1.165, 1.54) is 11.3 Å². The molecule has 0 unspecified atom stereocenters. The maximum atomic E-state index is 5.65. The monoisotopic (exact) mass is 402 g/mol. The molecule has 5 rings (SSSR count). The molecule has 0 spiro atoms. The summed E-state index contributed by atoms with van der Waals surface area (Å²) in [6.07, 6.45) is 7.32. The van der Waals surface area contributed by atoms with Crippen LogP contribution in [0.25, 0.3) is 11.5 Å². The zero-order valence-corrected chi connectivity index (χ0v) is 16.9. The molecule has 1 aliphatic heterocycles. The molecule has 3 aromatic heterocycles. The number of anilines is 1. The summed E-state index contributed by atoms with van der Waals surface area (Å²) < 4.78 is 5.65. The molecule has 9 heteroatoms. The molecular formula is C21H22N8O. The van der Waals surface area contributed by atoms with Crippen LogP contribution >= 0.6 is 0 Å². The molecule has 1 aromatic carbocycles. The number of hydrogen-bond donors (Lipinski definition) is 1. The quantitative estimate of drug-likeness (QED) is 0.544. The molecule has 1 N–H and O–H groups in total. The van der Waals surface area contributed by atoms with E-state index in [1.807, 2.05) is 14.1 Å². The van der Waals surface area contributed by atoms with Crippen LogP contribution in [0.4, 0.5) is 5.69 Å². The minimum Gasteiger partial charge on any atom is -0.378 e. The first-order chi connectivity index (χ1) is 14.7. The van der Waals surface area contributed by atoms with E-state index in [0.717, 1.165) is 24.5 Å². The third kappa shape index (κ3) is 3.55. The highest BCUT2D eigenvalue weighted by Gasteiger charge is 2.33. The van der Waals surface area contributed by atoms with Gasteiger partial charge in [-0.25, -0.2) is 9.97 Å². The molecule has 4 aromatic rings. The Kier molecular flexibility index (Phi) is 4.72. The summed E-state index contributed by atoms with van der Waals surface area (Å²) in [5, 5.41) is 4.13. The summed E-state index contributed by atoms with van der Waals surface area (Å²) in [4.78, 5) is 25.1. The van der Waals surface area contributed by atoms with Crippen molar-refractivity contribution < 1.29 is 4.52 Å². The van der Waals surface area contributed by atoms with Gasteiger partial charge in [0, 0.05) is 51.7 Å². The first-order valence-corrected chi connectivity index (χ1v) is 9.79. The Hall–Kier alpha value is -3.59. The van der Waals surface area contributed by atoms with Crippen LogP contribution in [0.5, 0.6) is 0 Å². The summed E-state index contributed by atoms with van der Waals surface area (Å²) in [5.74, 6) is 1.01. The lowest BCUT2D eigenvalue weighted by Gasteiger charge is -2.32. The Bertz CT molecular complexity index is 1120. The number of fused-ring (bicyclic) bond motifs is 1. The second kappa shape index (κ2) is 7.68. The van der Waals surface area contributed by atoms with Crippen molar-refractivity contribution in [3.05, 3.63) is 72.0 Å². The van der Waals surface area contributed by atoms with Crippen LogP contribution in [-0.4, -0.2) is 49.1 Å². The van der Waals surface area contributed by atoms with Crippen molar-refractivity contribution in [2.75, 3.05) is 19.0 Å². The van der Waals surface area contributed by atoms with E-state index in [4.69, 9.17) is 4.52 Å². The fraction of sp³-hybridized carbons (Fsp3) is 0.286. The highest BCUT2D eigenvalue weighted by molar-refractivity contribution is 5.46. The zero-order chi connectivity index (χ0) is 20.5. The number of hydrogen-bond acceptors (Lipinski definition) is 8. The minimum absolute atomic E-state index is 0.0627. The largest absolute Gasteiger partial charge is 0.378 e. The maximum absolute atomic E-state index is 5.65. The smallest absolute Gasteiger partial charge is 0.244 e. The Morgan fingerprint density at radius 3 is 2.80 bits per heavy atom. The lowest BCUT2D eigenvalue weighted by Crippen LogP contribution is -2.34. The van der Waals surface area contributed by atoms with Gasteiger partial charge in [-0.15, -0.1) is 0 Å². The van der Waals surface area contributed by atoms with Crippen molar-refractivity contribution in [3.63, 3.8) is 0 Å². The van der Waals surface area contributed by atoms with E-state index in [1.54, 1.807) is 24.9 Å². The molecule has 0 radical (unpaired) electrons. The number of benzene rings is 1. The summed E-state index contributed by atoms with van der Waals surface area (Å²) >= 11 is 0. The van der Waals surface area contributed by atoms with Crippen LogP contribution < -0.4 is 4.90 Å². The fourth-order valence-electron chi connectivity index (χ4n) is 3.72. The lowest BCUT2D eigenvalue weighted by molar-refractivity contribution is 0.128. The zero-order valence-electron chi connectivity index (χ0n) is 16.9. The third-order valence-corrected chi connectivity index (χ3v) is 5.35. The van der Waals surface area contributed by atoms with Gasteiger partial charge in [-0.05, 0) is 17.7 Å². The summed E-state index contributed by atoms with van der Waals surface area (Å²) in [6.45, 7) is 1.50. The predicted octanol–water partition coefficient (Wildman–Crippen LogP) is 2.62. The van der Waals surface area contributed by atoms with Gasteiger partial charge in [0.1, 0.15) is 5.69 Å². The Morgan fingerprint density at radius 1 is 1.17 bits per heavy atom. The van der Waals surface area contributed by atoms with Gasteiger partial charge < -0.3 is 14.4 Å². The standard InChI is InChI=1S/C21H22N8O/c1-28(2)15-5-3-14(4-6-15)11-29-12-18-16(24-13-25-18)9-19(29)21-26-20(27-30-21)17-10-22-7-8-23-17/h3-8,10,13,19H,9,11-12H2,1-2H3,(H,24,25)/t19-/m0/s1. The van der Waals surface area contributed by atoms with Crippen molar-refractivity contribution in [2.45, 2.75) is 25.6 Å². The van der Waals surface area contributed by atoms with Crippen LogP contribution in [0, 0.1) is 0 Å². The lowest BCUT2D eigenvalue weighted by atomic mass is 10.0. The molecule has 1 atom stereocenters. The van der Waals surface area contributed by atoms with Gasteiger partial charge in [0.05, 0.1) is 30.0 Å². The highest BCUT2D eigenvalue weighted by atomic mass is 16.5. The fourth-order valence-corrected chi connectivity index (χ4v) is 3.72. The maximum Gasteiger partial charge on any atom is 0.244 e. The summed E-state index contributed by atoms with van der Waals surface area (Å²) in [5.41, 5.74) is 5.16. The van der Waals surface area contributed by atoms with Crippen molar-refractivity contribution in [1.82, 2.24) is 35.0 Å². The van der Waals surface area contributed by atoms with Crippen LogP contribution in [0.1, 0.15) is 28.9 Å². The van der Waals surface area contributed by atoms with Crippen molar-refractivity contribution in [1.29, 1.82) is 0 Å². The topological polar surface area (TPSA) is 99.9 Å². The molecule has 0 bridgehead atoms. The van der Waals surface area contributed by atoms with Gasteiger partial charge in [0.2, 0.25) is 11.7 Å². The summed E-state index contributed by atoms with van der Waals surface area (Å²) in [6, 6.07) is 8.53. The average Bonchev–Trinajstić information content (AvgIpc) is 3.43. The number of rotatable bonds is 5. The Balaban J connectivity index is 1.43. The number of nitrogens with zero attached hydrogens (tertiary/aromatic N) is 7. The van der Waals surface area contributed by atoms with E-state index < -0.39 is 0 Å². The van der Waals surface area contributed by atoms with Gasteiger partial charge in [0.15, 0.2) is 0 Å². The van der Waals surface area contributed by atoms with E-state index in [0.29, 0.717) is 23.8 Å². The SMILES string of the molecule is CN(C)c1ccc(CN2Cc3[nH]cnc3C[C@H]2c2nc(-c3cnccn3)no2)cc1. The third-order valence-electron chi connectivity index (χ3n) is 5.35. The highest BCUT2D eigenvalue weighted by Crippen LogP contribution is 2.33. The first kappa shape index (κ1) is 18.4. The van der Waals surface area contributed by atoms with Crippen LogP contribution in [0.3, 0.4) is 0 Å². The van der Waals surface area contributed by atoms with Gasteiger partial charge in [-0.1, -0.05) is 17.3 Å². The molecular weight excluding hydrogens is 380 g/mol. The number of nitrogens with one attached hydrogen (secondary N) is 1. The molecule has 0 fully saturated rings. The van der Waals surface area contributed by atoms with Crippen molar-refractivity contribution in [2.24, 2.45) is 0 Å². The molecule has 0 aliphatic carbocycles. The van der Waals surface area contributed by atoms with Gasteiger partial charge in [-0.2, -0.15) is 4.98 Å². The molecule has 30 heavy (non-hydrogen) atoms. The number of imidazole rings is 1. The second-order valence-corrected chi connectivity index (χ2v) is 7.56. The minimum atomic E-state index is -0.0627. The molecule has 1 aliphatic rings. The molecule has 0 saturated carbocycles. The Labute approximate surface area is 173 Å². The van der Waals surface area contributed by atoms with Gasteiger partial charge in [-0.3, -0.25) is 9.88 Å². The van der Waals surface area contributed by atoms with Crippen LogP contribution in [0.2, 0.25) is 0 Å². The van der Waals surface area contributed by atoms with Crippen molar-refractivity contribution >= 4 is 5.69 Å². The molecule has 0 saturated heterocycles. The van der Waals surface area contributed by atoms with E-state index >= 15 is 0 Å². The van der Waals surface area contributed by atoms with Crippen LogP contribution in [-0.2, 0) is 19.5 Å². The van der Waals surface area contributed by atoms with Gasteiger partial charge >= 0.3 is 0 Å². The molecule has 0 amide bonds. The molecule has 9 nitrogen and oxygen atoms in total. The molecule has 152 valence electrons. The Morgan fingerprint density at radius 2 is 2.03 bits per heavy atom. The summed E-state index contributed by atoms with van der Waals surface area (Å²) in [7, 11) is 4.08. The van der Waals surface area contributed by atoms with Crippen LogP contribution in [0.15, 0.2) is 53.7 Å². The molecule has 4 heterocycles. The first-order valence-electron chi connectivity index (χ1n) is 9.79. The number of aromatic amines is 1.